The molecule has 2 fully saturated rings. The van der Waals surface area contributed by atoms with Crippen LogP contribution in [0.1, 0.15) is 57.5 Å². The molecule has 9 nitrogen and oxygen atoms in total. The van der Waals surface area contributed by atoms with Crippen LogP contribution in [0, 0.1) is 6.92 Å². The van der Waals surface area contributed by atoms with Crippen LogP contribution in [0.3, 0.4) is 0 Å². The van der Waals surface area contributed by atoms with Crippen LogP contribution < -0.4 is 0 Å². The largest absolute Gasteiger partial charge is 0.378 e. The SMILES string of the molecule is Cc1nc(C2CCCCN2C(=O)c2cnn(C)c2)ncc1C(=O)N1CCOCC1. The highest BCUT2D eigenvalue weighted by Crippen LogP contribution is 2.30. The van der Waals surface area contributed by atoms with Gasteiger partial charge in [0.15, 0.2) is 5.82 Å². The van der Waals surface area contributed by atoms with Gasteiger partial charge in [-0.05, 0) is 26.2 Å². The van der Waals surface area contributed by atoms with Crippen LogP contribution in [0.4, 0.5) is 0 Å². The zero-order chi connectivity index (χ0) is 20.4. The van der Waals surface area contributed by atoms with Crippen molar-refractivity contribution in [2.24, 2.45) is 7.05 Å². The summed E-state index contributed by atoms with van der Waals surface area (Å²) in [6, 6.07) is -0.192. The maximum atomic E-state index is 13.0. The van der Waals surface area contributed by atoms with Crippen LogP contribution in [0.15, 0.2) is 18.6 Å². The van der Waals surface area contributed by atoms with E-state index in [1.807, 2.05) is 11.8 Å². The Labute approximate surface area is 169 Å². The van der Waals surface area contributed by atoms with E-state index >= 15 is 0 Å². The average Bonchev–Trinajstić information content (AvgIpc) is 3.19. The van der Waals surface area contributed by atoms with Gasteiger partial charge in [0.1, 0.15) is 0 Å². The standard InChI is InChI=1S/C20H26N6O3/c1-14-16(20(28)25-7-9-29-10-8-25)12-21-18(23-14)17-5-3-4-6-26(17)19(27)15-11-22-24(2)13-15/h11-13,17H,3-10H2,1-2H3. The Morgan fingerprint density at radius 2 is 1.90 bits per heavy atom. The highest BCUT2D eigenvalue weighted by atomic mass is 16.5. The number of aromatic nitrogens is 4. The highest BCUT2D eigenvalue weighted by Gasteiger charge is 2.32. The maximum Gasteiger partial charge on any atom is 0.257 e. The van der Waals surface area contributed by atoms with Crippen molar-refractivity contribution in [1.82, 2.24) is 29.5 Å². The van der Waals surface area contributed by atoms with Gasteiger partial charge in [-0.1, -0.05) is 0 Å². The van der Waals surface area contributed by atoms with E-state index in [1.165, 1.54) is 0 Å². The van der Waals surface area contributed by atoms with E-state index in [2.05, 4.69) is 15.1 Å². The van der Waals surface area contributed by atoms with Crippen LogP contribution in [0.5, 0.6) is 0 Å². The predicted molar refractivity (Wildman–Crippen MR) is 104 cm³/mol. The second-order valence-electron chi connectivity index (χ2n) is 7.54. The van der Waals surface area contributed by atoms with Gasteiger partial charge < -0.3 is 14.5 Å². The van der Waals surface area contributed by atoms with Crippen molar-refractivity contribution in [2.75, 3.05) is 32.8 Å². The van der Waals surface area contributed by atoms with Crippen LogP contribution in [0.2, 0.25) is 0 Å². The van der Waals surface area contributed by atoms with Crippen LogP contribution >= 0.6 is 0 Å². The Morgan fingerprint density at radius 3 is 2.59 bits per heavy atom. The Hall–Kier alpha value is -2.81. The summed E-state index contributed by atoms with van der Waals surface area (Å²) in [5.41, 5.74) is 1.72. The molecule has 0 saturated carbocycles. The number of hydrogen-bond acceptors (Lipinski definition) is 6. The molecule has 2 aromatic rings. The van der Waals surface area contributed by atoms with Crippen LogP contribution in [-0.4, -0.2) is 74.2 Å². The van der Waals surface area contributed by atoms with Crippen molar-refractivity contribution >= 4 is 11.8 Å². The lowest BCUT2D eigenvalue weighted by atomic mass is 10.00. The molecule has 0 aromatic carbocycles. The second kappa shape index (κ2) is 8.28. The van der Waals surface area contributed by atoms with Crippen molar-refractivity contribution in [3.05, 3.63) is 41.2 Å². The Morgan fingerprint density at radius 1 is 1.10 bits per heavy atom. The molecular weight excluding hydrogens is 372 g/mol. The van der Waals surface area contributed by atoms with Gasteiger partial charge in [0.05, 0.1) is 42.3 Å². The third-order valence-electron chi connectivity index (χ3n) is 5.54. The number of morpholine rings is 1. The molecule has 0 bridgehead atoms. The summed E-state index contributed by atoms with van der Waals surface area (Å²) < 4.78 is 6.94. The first-order chi connectivity index (χ1) is 14.0. The van der Waals surface area contributed by atoms with Gasteiger partial charge >= 0.3 is 0 Å². The number of likely N-dealkylation sites (tertiary alicyclic amines) is 1. The molecule has 0 spiro atoms. The molecule has 2 saturated heterocycles. The first-order valence-corrected chi connectivity index (χ1v) is 10.0. The lowest BCUT2D eigenvalue weighted by Gasteiger charge is -2.34. The van der Waals surface area contributed by atoms with Gasteiger partial charge in [-0.15, -0.1) is 0 Å². The molecule has 2 aliphatic rings. The fourth-order valence-electron chi connectivity index (χ4n) is 3.93. The summed E-state index contributed by atoms with van der Waals surface area (Å²) in [6.07, 6.45) is 7.70. The summed E-state index contributed by atoms with van der Waals surface area (Å²) in [6.45, 7) is 4.75. The van der Waals surface area contributed by atoms with Gasteiger partial charge in [0.25, 0.3) is 11.8 Å². The molecule has 2 aromatic heterocycles. The van der Waals surface area contributed by atoms with Crippen molar-refractivity contribution < 1.29 is 14.3 Å². The average molecular weight is 398 g/mol. The van der Waals surface area contributed by atoms with E-state index in [4.69, 9.17) is 4.74 Å². The number of carbonyl (C=O) groups is 2. The van der Waals surface area contributed by atoms with E-state index in [1.54, 1.807) is 35.2 Å². The Bertz CT molecular complexity index is 905. The molecule has 2 amide bonds. The van der Waals surface area contributed by atoms with E-state index in [-0.39, 0.29) is 17.9 Å². The molecule has 154 valence electrons. The van der Waals surface area contributed by atoms with Crippen molar-refractivity contribution in [2.45, 2.75) is 32.2 Å². The van der Waals surface area contributed by atoms with Gasteiger partial charge in [0.2, 0.25) is 0 Å². The van der Waals surface area contributed by atoms with Gasteiger partial charge in [0, 0.05) is 39.1 Å². The third-order valence-corrected chi connectivity index (χ3v) is 5.54. The Balaban J connectivity index is 1.56. The maximum absolute atomic E-state index is 13.0. The molecule has 4 rings (SSSR count). The first-order valence-electron chi connectivity index (χ1n) is 10.0. The number of hydrogen-bond donors (Lipinski definition) is 0. The summed E-state index contributed by atoms with van der Waals surface area (Å²) in [5, 5.41) is 4.11. The van der Waals surface area contributed by atoms with Gasteiger partial charge in [-0.3, -0.25) is 14.3 Å². The Kier molecular flexibility index (Phi) is 5.57. The molecule has 1 atom stereocenters. The molecule has 0 aliphatic carbocycles. The number of piperidine rings is 1. The number of amides is 2. The first kappa shape index (κ1) is 19.5. The van der Waals surface area contributed by atoms with Crippen LogP contribution in [-0.2, 0) is 11.8 Å². The quantitative estimate of drug-likeness (QED) is 0.775. The van der Waals surface area contributed by atoms with Crippen molar-refractivity contribution in [3.8, 4) is 0 Å². The smallest absolute Gasteiger partial charge is 0.257 e. The van der Waals surface area contributed by atoms with Gasteiger partial charge in [-0.2, -0.15) is 5.10 Å². The number of nitrogens with zero attached hydrogens (tertiary/aromatic N) is 6. The van der Waals surface area contributed by atoms with E-state index in [9.17, 15) is 9.59 Å². The second-order valence-corrected chi connectivity index (χ2v) is 7.54. The number of rotatable bonds is 3. The molecule has 4 heterocycles. The number of ether oxygens (including phenoxy) is 1. The lowest BCUT2D eigenvalue weighted by molar-refractivity contribution is 0.0301. The summed E-state index contributed by atoms with van der Waals surface area (Å²) in [7, 11) is 1.79. The third kappa shape index (κ3) is 4.00. The molecule has 9 heteroatoms. The summed E-state index contributed by atoms with van der Waals surface area (Å²) in [4.78, 5) is 38.5. The number of carbonyl (C=O) groups excluding carboxylic acids is 2. The molecule has 0 N–H and O–H groups in total. The lowest BCUT2D eigenvalue weighted by Crippen LogP contribution is -2.41. The normalized spacial score (nSPS) is 20.0. The van der Waals surface area contributed by atoms with Crippen molar-refractivity contribution in [3.63, 3.8) is 0 Å². The summed E-state index contributed by atoms with van der Waals surface area (Å²) in [5.74, 6) is 0.472. The summed E-state index contributed by atoms with van der Waals surface area (Å²) >= 11 is 0. The highest BCUT2D eigenvalue weighted by molar-refractivity contribution is 5.95. The molecule has 1 unspecified atom stereocenters. The minimum atomic E-state index is -0.192. The van der Waals surface area contributed by atoms with E-state index in [0.29, 0.717) is 55.5 Å². The zero-order valence-electron chi connectivity index (χ0n) is 16.9. The minimum Gasteiger partial charge on any atom is -0.378 e. The van der Waals surface area contributed by atoms with E-state index in [0.717, 1.165) is 19.3 Å². The molecule has 0 radical (unpaired) electrons. The fourth-order valence-corrected chi connectivity index (χ4v) is 3.93. The fraction of sp³-hybridized carbons (Fsp3) is 0.550. The monoisotopic (exact) mass is 398 g/mol. The molecule has 29 heavy (non-hydrogen) atoms. The zero-order valence-corrected chi connectivity index (χ0v) is 16.9. The molecular formula is C20H26N6O3. The minimum absolute atomic E-state index is 0.0578. The number of aryl methyl sites for hydroxylation is 2. The van der Waals surface area contributed by atoms with Crippen LogP contribution in [0.25, 0.3) is 0 Å². The van der Waals surface area contributed by atoms with Crippen molar-refractivity contribution in [1.29, 1.82) is 0 Å². The molecule has 2 aliphatic heterocycles. The predicted octanol–water partition coefficient (Wildman–Crippen LogP) is 1.36. The van der Waals surface area contributed by atoms with E-state index < -0.39 is 0 Å². The topological polar surface area (TPSA) is 93.5 Å². The van der Waals surface area contributed by atoms with Gasteiger partial charge in [-0.25, -0.2) is 9.97 Å².